The molecule has 4 aliphatic rings. The van der Waals surface area contributed by atoms with Crippen LogP contribution in [0, 0.1) is 28.6 Å². The van der Waals surface area contributed by atoms with Gasteiger partial charge in [0.25, 0.3) is 0 Å². The molecule has 0 heterocycles. The minimum atomic E-state index is -0.300. The van der Waals surface area contributed by atoms with Gasteiger partial charge in [-0.25, -0.2) is 0 Å². The van der Waals surface area contributed by atoms with E-state index in [-0.39, 0.29) is 5.41 Å². The van der Waals surface area contributed by atoms with E-state index in [1.165, 1.54) is 44.1 Å². The van der Waals surface area contributed by atoms with Crippen LogP contribution >= 0.6 is 0 Å². The van der Waals surface area contributed by atoms with Crippen molar-refractivity contribution in [1.82, 2.24) is 0 Å². The van der Waals surface area contributed by atoms with Crippen molar-refractivity contribution in [3.05, 3.63) is 23.4 Å². The highest BCUT2D eigenvalue weighted by Gasteiger charge is 2.58. The van der Waals surface area contributed by atoms with E-state index < -0.39 is 0 Å². The van der Waals surface area contributed by atoms with Crippen LogP contribution in [-0.4, -0.2) is 5.78 Å². The summed E-state index contributed by atoms with van der Waals surface area (Å²) in [7, 11) is 0. The zero-order valence-corrected chi connectivity index (χ0v) is 13.3. The van der Waals surface area contributed by atoms with Gasteiger partial charge in [-0.05, 0) is 86.3 Å². The Morgan fingerprint density at radius 1 is 1.10 bits per heavy atom. The number of nitrogens with two attached hydrogens (primary N) is 1. The molecule has 0 saturated heterocycles. The summed E-state index contributed by atoms with van der Waals surface area (Å²) in [5.41, 5.74) is 8.60. The highest BCUT2D eigenvalue weighted by molar-refractivity contribution is 5.99. The SMILES string of the molecule is C[C@@]12CCC[C@H]1[C@@H]1CCC3=C(N)C=CC(=O)[C@]3(C)[C@H]1CC2. The zero-order valence-electron chi connectivity index (χ0n) is 13.3. The Morgan fingerprint density at radius 2 is 1.90 bits per heavy atom. The summed E-state index contributed by atoms with van der Waals surface area (Å²) in [5, 5.41) is 0. The van der Waals surface area contributed by atoms with Crippen LogP contribution in [0.4, 0.5) is 0 Å². The standard InChI is InChI=1S/C19H27NO/c1-18-10-3-4-13(18)12-5-6-15-16(20)7-8-17(21)19(15,2)14(12)9-11-18/h7-8,12-14H,3-6,9-11,20H2,1-2H3/t12-,13-,14-,18-,19+/m0/s1. The van der Waals surface area contributed by atoms with Crippen molar-refractivity contribution < 1.29 is 4.79 Å². The molecule has 3 saturated carbocycles. The second-order valence-electron chi connectivity index (χ2n) is 8.33. The van der Waals surface area contributed by atoms with Gasteiger partial charge >= 0.3 is 0 Å². The number of allylic oxidation sites excluding steroid dienone is 3. The Balaban J connectivity index is 1.76. The molecular formula is C19H27NO. The molecule has 0 aromatic carbocycles. The number of carbonyl (C=O) groups excluding carboxylic acids is 1. The lowest BCUT2D eigenvalue weighted by atomic mass is 9.47. The van der Waals surface area contributed by atoms with Crippen molar-refractivity contribution in [1.29, 1.82) is 0 Å². The lowest BCUT2D eigenvalue weighted by molar-refractivity contribution is -0.130. The first-order valence-corrected chi connectivity index (χ1v) is 8.68. The van der Waals surface area contributed by atoms with E-state index in [1.807, 2.05) is 6.08 Å². The number of hydrogen-bond acceptors (Lipinski definition) is 2. The Bertz CT molecular complexity index is 560. The van der Waals surface area contributed by atoms with Gasteiger partial charge in [-0.1, -0.05) is 13.3 Å². The van der Waals surface area contributed by atoms with Gasteiger partial charge in [0.15, 0.2) is 5.78 Å². The van der Waals surface area contributed by atoms with Gasteiger partial charge in [-0.2, -0.15) is 0 Å². The minimum absolute atomic E-state index is 0.300. The molecule has 2 nitrogen and oxygen atoms in total. The third-order valence-electron chi connectivity index (χ3n) is 7.59. The van der Waals surface area contributed by atoms with Gasteiger partial charge < -0.3 is 5.73 Å². The van der Waals surface area contributed by atoms with Gasteiger partial charge in [0.2, 0.25) is 0 Å². The molecule has 0 aliphatic heterocycles. The van der Waals surface area contributed by atoms with Gasteiger partial charge in [-0.15, -0.1) is 0 Å². The zero-order chi connectivity index (χ0) is 14.8. The fourth-order valence-electron chi connectivity index (χ4n) is 6.41. The molecule has 5 atom stereocenters. The summed E-state index contributed by atoms with van der Waals surface area (Å²) in [4.78, 5) is 12.7. The quantitative estimate of drug-likeness (QED) is 0.732. The van der Waals surface area contributed by atoms with Gasteiger partial charge in [-0.3, -0.25) is 4.79 Å². The molecule has 0 amide bonds. The van der Waals surface area contributed by atoms with Crippen LogP contribution in [-0.2, 0) is 4.79 Å². The molecule has 114 valence electrons. The summed E-state index contributed by atoms with van der Waals surface area (Å²) < 4.78 is 0. The summed E-state index contributed by atoms with van der Waals surface area (Å²) in [6, 6.07) is 0. The van der Waals surface area contributed by atoms with E-state index >= 15 is 0 Å². The molecule has 0 spiro atoms. The van der Waals surface area contributed by atoms with Crippen molar-refractivity contribution in [3.63, 3.8) is 0 Å². The van der Waals surface area contributed by atoms with Crippen LogP contribution in [0.3, 0.4) is 0 Å². The summed E-state index contributed by atoms with van der Waals surface area (Å²) >= 11 is 0. The molecule has 0 bridgehead atoms. The predicted molar refractivity (Wildman–Crippen MR) is 84.4 cm³/mol. The molecule has 0 aromatic rings. The maximum absolute atomic E-state index is 12.7. The van der Waals surface area contributed by atoms with E-state index in [9.17, 15) is 4.79 Å². The lowest BCUT2D eigenvalue weighted by Gasteiger charge is -2.56. The molecule has 0 aromatic heterocycles. The average molecular weight is 285 g/mol. The third-order valence-corrected chi connectivity index (χ3v) is 7.59. The van der Waals surface area contributed by atoms with Crippen LogP contribution < -0.4 is 5.73 Å². The lowest BCUT2D eigenvalue weighted by Crippen LogP contribution is -2.52. The predicted octanol–water partition coefficient (Wildman–Crippen LogP) is 3.97. The molecule has 21 heavy (non-hydrogen) atoms. The number of rotatable bonds is 0. The van der Waals surface area contributed by atoms with Crippen molar-refractivity contribution in [3.8, 4) is 0 Å². The Kier molecular flexibility index (Phi) is 2.75. The molecule has 2 heteroatoms. The van der Waals surface area contributed by atoms with Crippen LogP contribution in [0.1, 0.15) is 58.8 Å². The maximum Gasteiger partial charge on any atom is 0.166 e. The van der Waals surface area contributed by atoms with E-state index in [0.29, 0.717) is 17.1 Å². The van der Waals surface area contributed by atoms with E-state index in [4.69, 9.17) is 5.73 Å². The van der Waals surface area contributed by atoms with Crippen LogP contribution in [0.2, 0.25) is 0 Å². The Hall–Kier alpha value is -1.05. The van der Waals surface area contributed by atoms with Gasteiger partial charge in [0.1, 0.15) is 0 Å². The number of fused-ring (bicyclic) bond motifs is 5. The molecular weight excluding hydrogens is 258 g/mol. The largest absolute Gasteiger partial charge is 0.399 e. The van der Waals surface area contributed by atoms with Gasteiger partial charge in [0.05, 0.1) is 5.41 Å². The Labute approximate surface area is 127 Å². The van der Waals surface area contributed by atoms with Crippen molar-refractivity contribution in [2.75, 3.05) is 0 Å². The number of ketones is 1. The third kappa shape index (κ3) is 1.62. The van der Waals surface area contributed by atoms with E-state index in [0.717, 1.165) is 24.0 Å². The highest BCUT2D eigenvalue weighted by atomic mass is 16.1. The van der Waals surface area contributed by atoms with Crippen LogP contribution in [0.25, 0.3) is 0 Å². The normalized spacial score (nSPS) is 48.9. The average Bonchev–Trinajstić information content (AvgIpc) is 2.85. The monoisotopic (exact) mass is 285 g/mol. The first kappa shape index (κ1) is 13.6. The molecule has 4 rings (SSSR count). The summed E-state index contributed by atoms with van der Waals surface area (Å²) in [6.45, 7) is 4.70. The summed E-state index contributed by atoms with van der Waals surface area (Å²) in [5.74, 6) is 2.41. The fraction of sp³-hybridized carbons (Fsp3) is 0.737. The Morgan fingerprint density at radius 3 is 2.71 bits per heavy atom. The van der Waals surface area contributed by atoms with Crippen molar-refractivity contribution >= 4 is 5.78 Å². The fourth-order valence-corrected chi connectivity index (χ4v) is 6.41. The molecule has 2 N–H and O–H groups in total. The molecule has 0 radical (unpaired) electrons. The second kappa shape index (κ2) is 4.24. The van der Waals surface area contributed by atoms with Crippen LogP contribution in [0.5, 0.6) is 0 Å². The van der Waals surface area contributed by atoms with E-state index in [1.54, 1.807) is 6.08 Å². The van der Waals surface area contributed by atoms with Crippen molar-refractivity contribution in [2.45, 2.75) is 58.8 Å². The smallest absolute Gasteiger partial charge is 0.166 e. The first-order valence-electron chi connectivity index (χ1n) is 8.68. The number of hydrogen-bond donors (Lipinski definition) is 1. The van der Waals surface area contributed by atoms with Crippen molar-refractivity contribution in [2.24, 2.45) is 34.3 Å². The minimum Gasteiger partial charge on any atom is -0.399 e. The molecule has 3 fully saturated rings. The maximum atomic E-state index is 12.7. The van der Waals surface area contributed by atoms with Crippen LogP contribution in [0.15, 0.2) is 23.4 Å². The summed E-state index contributed by atoms with van der Waals surface area (Å²) in [6.07, 6.45) is 12.5. The highest BCUT2D eigenvalue weighted by Crippen LogP contribution is 2.64. The second-order valence-corrected chi connectivity index (χ2v) is 8.33. The molecule has 0 unspecified atom stereocenters. The molecule has 4 aliphatic carbocycles. The first-order chi connectivity index (χ1) is 9.97. The van der Waals surface area contributed by atoms with Gasteiger partial charge in [0, 0.05) is 5.70 Å². The number of carbonyl (C=O) groups is 1. The van der Waals surface area contributed by atoms with E-state index in [2.05, 4.69) is 13.8 Å². The topological polar surface area (TPSA) is 43.1 Å².